The van der Waals surface area contributed by atoms with E-state index in [9.17, 15) is 14.7 Å². The molecule has 1 saturated carbocycles. The van der Waals surface area contributed by atoms with Crippen molar-refractivity contribution in [3.8, 4) is 5.75 Å². The van der Waals surface area contributed by atoms with E-state index in [2.05, 4.69) is 5.32 Å². The predicted octanol–water partition coefficient (Wildman–Crippen LogP) is 3.11. The van der Waals surface area contributed by atoms with Crippen molar-refractivity contribution in [1.82, 2.24) is 15.1 Å². The molecule has 0 aromatic heterocycles. The molecule has 0 radical (unpaired) electrons. The second-order valence-electron chi connectivity index (χ2n) is 6.49. The molecule has 6 nitrogen and oxygen atoms in total. The molecular weight excluding hydrogens is 365 g/mol. The van der Waals surface area contributed by atoms with Crippen molar-refractivity contribution >= 4 is 35.1 Å². The van der Waals surface area contributed by atoms with Crippen LogP contribution >= 0.6 is 23.2 Å². The van der Waals surface area contributed by atoms with Crippen LogP contribution in [-0.2, 0) is 0 Å². The van der Waals surface area contributed by atoms with Gasteiger partial charge in [0.2, 0.25) is 0 Å². The van der Waals surface area contributed by atoms with Crippen molar-refractivity contribution < 1.29 is 14.7 Å². The number of phenols is 1. The Labute approximate surface area is 156 Å². The van der Waals surface area contributed by atoms with E-state index in [0.29, 0.717) is 43.7 Å². The van der Waals surface area contributed by atoms with E-state index in [1.807, 2.05) is 0 Å². The Balaban J connectivity index is 1.64. The third-order valence-electron chi connectivity index (χ3n) is 4.76. The maximum atomic E-state index is 12.7. The molecule has 136 valence electrons. The van der Waals surface area contributed by atoms with Gasteiger partial charge < -0.3 is 20.2 Å². The number of hydrogen-bond acceptors (Lipinski definition) is 3. The molecule has 0 spiro atoms. The second kappa shape index (κ2) is 7.70. The number of benzene rings is 1. The molecule has 3 rings (SSSR count). The number of urea groups is 1. The third-order valence-corrected chi connectivity index (χ3v) is 5.27. The van der Waals surface area contributed by atoms with Gasteiger partial charge in [-0.3, -0.25) is 4.79 Å². The Morgan fingerprint density at radius 2 is 1.72 bits per heavy atom. The molecule has 3 amide bonds. The fraction of sp³-hybridized carbons (Fsp3) is 0.529. The number of halogens is 2. The third kappa shape index (κ3) is 4.12. The molecule has 1 saturated heterocycles. The molecular formula is C17H21Cl2N3O3. The summed E-state index contributed by atoms with van der Waals surface area (Å²) in [5.41, 5.74) is 0.0878. The summed E-state index contributed by atoms with van der Waals surface area (Å²) >= 11 is 11.8. The maximum absolute atomic E-state index is 12.7. The maximum Gasteiger partial charge on any atom is 0.317 e. The van der Waals surface area contributed by atoms with E-state index in [1.165, 1.54) is 18.6 Å². The summed E-state index contributed by atoms with van der Waals surface area (Å²) in [6.45, 7) is 1.97. The quantitative estimate of drug-likeness (QED) is 0.821. The summed E-state index contributed by atoms with van der Waals surface area (Å²) in [7, 11) is 0. The minimum Gasteiger partial charge on any atom is -0.506 e. The van der Waals surface area contributed by atoms with Crippen molar-refractivity contribution in [2.45, 2.75) is 31.7 Å². The highest BCUT2D eigenvalue weighted by Crippen LogP contribution is 2.32. The SMILES string of the molecule is O=C(NC1CCC1)N1CCCN(C(=O)c2cc(Cl)cc(Cl)c2O)CC1. The van der Waals surface area contributed by atoms with Crippen LogP contribution in [0.5, 0.6) is 5.75 Å². The van der Waals surface area contributed by atoms with E-state index < -0.39 is 0 Å². The first-order valence-electron chi connectivity index (χ1n) is 8.48. The molecule has 1 aliphatic heterocycles. The summed E-state index contributed by atoms with van der Waals surface area (Å²) in [5, 5.41) is 13.4. The van der Waals surface area contributed by atoms with Gasteiger partial charge in [-0.15, -0.1) is 0 Å². The van der Waals surface area contributed by atoms with Gasteiger partial charge in [0.05, 0.1) is 10.6 Å². The fourth-order valence-corrected chi connectivity index (χ4v) is 3.53. The number of aromatic hydroxyl groups is 1. The summed E-state index contributed by atoms with van der Waals surface area (Å²) in [4.78, 5) is 28.4. The molecule has 8 heteroatoms. The molecule has 1 aromatic carbocycles. The van der Waals surface area contributed by atoms with E-state index in [-0.39, 0.29) is 28.3 Å². The summed E-state index contributed by atoms with van der Waals surface area (Å²) in [6, 6.07) is 3.04. The number of carbonyl (C=O) groups is 2. The lowest BCUT2D eigenvalue weighted by atomic mass is 9.93. The Kier molecular flexibility index (Phi) is 5.59. The van der Waals surface area contributed by atoms with E-state index in [1.54, 1.807) is 9.80 Å². The number of nitrogens with one attached hydrogen (secondary N) is 1. The monoisotopic (exact) mass is 385 g/mol. The predicted molar refractivity (Wildman–Crippen MR) is 96.4 cm³/mol. The molecule has 0 atom stereocenters. The molecule has 0 bridgehead atoms. The summed E-state index contributed by atoms with van der Waals surface area (Å²) in [6.07, 6.45) is 3.93. The molecule has 2 aliphatic rings. The van der Waals surface area contributed by atoms with Crippen LogP contribution in [0.4, 0.5) is 4.79 Å². The first-order chi connectivity index (χ1) is 12.0. The van der Waals surface area contributed by atoms with Crippen LogP contribution in [0.1, 0.15) is 36.0 Å². The minimum absolute atomic E-state index is 0.0483. The molecule has 2 N–H and O–H groups in total. The topological polar surface area (TPSA) is 72.9 Å². The average molecular weight is 386 g/mol. The number of nitrogens with zero attached hydrogens (tertiary/aromatic N) is 2. The Morgan fingerprint density at radius 1 is 1.04 bits per heavy atom. The lowest BCUT2D eigenvalue weighted by Gasteiger charge is -2.30. The minimum atomic E-state index is -0.330. The van der Waals surface area contributed by atoms with Gasteiger partial charge in [0.25, 0.3) is 5.91 Å². The lowest BCUT2D eigenvalue weighted by Crippen LogP contribution is -2.48. The van der Waals surface area contributed by atoms with E-state index in [0.717, 1.165) is 12.8 Å². The Morgan fingerprint density at radius 3 is 2.40 bits per heavy atom. The normalized spacial score (nSPS) is 18.5. The molecule has 2 fully saturated rings. The van der Waals surface area contributed by atoms with Crippen LogP contribution in [0.25, 0.3) is 0 Å². The number of carbonyl (C=O) groups excluding carboxylic acids is 2. The number of hydrogen-bond donors (Lipinski definition) is 2. The van der Waals surface area contributed by atoms with Gasteiger partial charge in [-0.1, -0.05) is 23.2 Å². The van der Waals surface area contributed by atoms with Gasteiger partial charge in [-0.25, -0.2) is 4.79 Å². The standard InChI is InChI=1S/C17H21Cl2N3O3/c18-11-9-13(15(23)14(19)10-11)16(24)21-5-2-6-22(8-7-21)17(25)20-12-3-1-4-12/h9-10,12,23H,1-8H2,(H,20,25). The first kappa shape index (κ1) is 18.1. The second-order valence-corrected chi connectivity index (χ2v) is 7.34. The zero-order chi connectivity index (χ0) is 18.0. The molecule has 1 aliphatic carbocycles. The lowest BCUT2D eigenvalue weighted by molar-refractivity contribution is 0.0759. The molecule has 25 heavy (non-hydrogen) atoms. The van der Waals surface area contributed by atoms with Crippen molar-refractivity contribution in [1.29, 1.82) is 0 Å². The zero-order valence-electron chi connectivity index (χ0n) is 13.8. The molecule has 0 unspecified atom stereocenters. The van der Waals surface area contributed by atoms with Gasteiger partial charge >= 0.3 is 6.03 Å². The van der Waals surface area contributed by atoms with Crippen LogP contribution in [-0.4, -0.2) is 59.1 Å². The van der Waals surface area contributed by atoms with Crippen molar-refractivity contribution in [3.63, 3.8) is 0 Å². The van der Waals surface area contributed by atoms with Crippen molar-refractivity contribution in [3.05, 3.63) is 27.7 Å². The number of amides is 3. The molecule has 1 aromatic rings. The fourth-order valence-electron chi connectivity index (χ4n) is 3.04. The highest BCUT2D eigenvalue weighted by molar-refractivity contribution is 6.36. The van der Waals surface area contributed by atoms with E-state index in [4.69, 9.17) is 23.2 Å². The van der Waals surface area contributed by atoms with E-state index >= 15 is 0 Å². The smallest absolute Gasteiger partial charge is 0.317 e. The van der Waals surface area contributed by atoms with Gasteiger partial charge in [0.15, 0.2) is 0 Å². The number of rotatable bonds is 2. The van der Waals surface area contributed by atoms with Crippen molar-refractivity contribution in [2.24, 2.45) is 0 Å². The van der Waals surface area contributed by atoms with Crippen LogP contribution in [0.3, 0.4) is 0 Å². The van der Waals surface area contributed by atoms with Crippen LogP contribution in [0.2, 0.25) is 10.0 Å². The largest absolute Gasteiger partial charge is 0.506 e. The highest BCUT2D eigenvalue weighted by Gasteiger charge is 2.27. The van der Waals surface area contributed by atoms with Crippen LogP contribution in [0, 0.1) is 0 Å². The van der Waals surface area contributed by atoms with Crippen LogP contribution < -0.4 is 5.32 Å². The molecule has 1 heterocycles. The van der Waals surface area contributed by atoms with Gasteiger partial charge in [0, 0.05) is 37.2 Å². The average Bonchev–Trinajstić information content (AvgIpc) is 2.79. The van der Waals surface area contributed by atoms with Gasteiger partial charge in [-0.05, 0) is 37.8 Å². The highest BCUT2D eigenvalue weighted by atomic mass is 35.5. The Hall–Kier alpha value is -1.66. The number of phenolic OH excluding ortho intramolecular Hbond substituents is 1. The van der Waals surface area contributed by atoms with Crippen molar-refractivity contribution in [2.75, 3.05) is 26.2 Å². The van der Waals surface area contributed by atoms with Gasteiger partial charge in [0.1, 0.15) is 5.75 Å². The summed E-state index contributed by atoms with van der Waals surface area (Å²) < 4.78 is 0. The first-order valence-corrected chi connectivity index (χ1v) is 9.24. The zero-order valence-corrected chi connectivity index (χ0v) is 15.3. The Bertz CT molecular complexity index is 679. The van der Waals surface area contributed by atoms with Crippen LogP contribution in [0.15, 0.2) is 12.1 Å². The van der Waals surface area contributed by atoms with Gasteiger partial charge in [-0.2, -0.15) is 0 Å². The summed E-state index contributed by atoms with van der Waals surface area (Å²) in [5.74, 6) is -0.594.